The van der Waals surface area contributed by atoms with Crippen molar-refractivity contribution in [3.8, 4) is 5.75 Å². The molecule has 3 rings (SSSR count). The van der Waals surface area contributed by atoms with Crippen LogP contribution in [0.4, 0.5) is 0 Å². The predicted molar refractivity (Wildman–Crippen MR) is 121 cm³/mol. The highest BCUT2D eigenvalue weighted by Crippen LogP contribution is 2.39. The van der Waals surface area contributed by atoms with E-state index in [9.17, 15) is 14.7 Å². The summed E-state index contributed by atoms with van der Waals surface area (Å²) in [6, 6.07) is 12.3. The van der Waals surface area contributed by atoms with Gasteiger partial charge in [0, 0.05) is 18.7 Å². The summed E-state index contributed by atoms with van der Waals surface area (Å²) < 4.78 is 5.58. The molecule has 1 amide bonds. The zero-order valence-corrected chi connectivity index (χ0v) is 18.8. The molecule has 6 heteroatoms. The van der Waals surface area contributed by atoms with E-state index in [0.717, 1.165) is 22.4 Å². The summed E-state index contributed by atoms with van der Waals surface area (Å²) >= 11 is 0. The lowest BCUT2D eigenvalue weighted by Crippen LogP contribution is -2.35. The number of aliphatic hydroxyl groups is 1. The van der Waals surface area contributed by atoms with Crippen molar-refractivity contribution >= 4 is 17.4 Å². The highest BCUT2D eigenvalue weighted by Gasteiger charge is 2.45. The fourth-order valence-electron chi connectivity index (χ4n) is 3.78. The summed E-state index contributed by atoms with van der Waals surface area (Å²) in [5, 5.41) is 11.2. The zero-order valence-electron chi connectivity index (χ0n) is 18.8. The normalized spacial score (nSPS) is 18.1. The second-order valence-corrected chi connectivity index (χ2v) is 8.12. The molecule has 164 valence electrons. The monoisotopic (exact) mass is 422 g/mol. The molecule has 0 spiro atoms. The summed E-state index contributed by atoms with van der Waals surface area (Å²) in [5.41, 5.74) is 3.34. The average molecular weight is 423 g/mol. The minimum absolute atomic E-state index is 0.121. The molecule has 31 heavy (non-hydrogen) atoms. The number of likely N-dealkylation sites (N-methyl/N-ethyl adjacent to an activating group) is 1. The first kappa shape index (κ1) is 22.6. The molecule has 1 atom stereocenters. The number of nitrogens with zero attached hydrogens (tertiary/aromatic N) is 2. The smallest absolute Gasteiger partial charge is 0.295 e. The third kappa shape index (κ3) is 4.64. The SMILES string of the molecule is CCOc1ccc(/C(O)=C2/C(=O)C(=O)N(CCN(C)C)C2c2ccc(C)cc2)cc1C. The molecule has 1 N–H and O–H groups in total. The number of ketones is 1. The lowest BCUT2D eigenvalue weighted by molar-refractivity contribution is -0.140. The minimum Gasteiger partial charge on any atom is -0.507 e. The van der Waals surface area contributed by atoms with E-state index in [1.807, 2.05) is 64.0 Å². The number of benzene rings is 2. The number of hydrogen-bond acceptors (Lipinski definition) is 5. The predicted octanol–water partition coefficient (Wildman–Crippen LogP) is 3.69. The number of aliphatic hydroxyl groups excluding tert-OH is 1. The average Bonchev–Trinajstić information content (AvgIpc) is 2.98. The van der Waals surface area contributed by atoms with Crippen LogP contribution < -0.4 is 4.74 Å². The van der Waals surface area contributed by atoms with E-state index in [4.69, 9.17) is 4.74 Å². The Kier molecular flexibility index (Phi) is 6.81. The topological polar surface area (TPSA) is 70.1 Å². The van der Waals surface area contributed by atoms with Gasteiger partial charge in [-0.25, -0.2) is 0 Å². The Labute approximate surface area is 183 Å². The third-order valence-electron chi connectivity index (χ3n) is 5.47. The Balaban J connectivity index is 2.12. The lowest BCUT2D eigenvalue weighted by Gasteiger charge is -2.26. The second kappa shape index (κ2) is 9.35. The molecular weight excluding hydrogens is 392 g/mol. The Bertz CT molecular complexity index is 1010. The maximum atomic E-state index is 13.0. The van der Waals surface area contributed by atoms with Gasteiger partial charge in [-0.05, 0) is 64.2 Å². The quantitative estimate of drug-likeness (QED) is 0.419. The van der Waals surface area contributed by atoms with Crippen LogP contribution in [0, 0.1) is 13.8 Å². The van der Waals surface area contributed by atoms with E-state index < -0.39 is 17.7 Å². The molecule has 1 aliphatic heterocycles. The molecule has 2 aromatic rings. The van der Waals surface area contributed by atoms with Gasteiger partial charge in [-0.3, -0.25) is 9.59 Å². The van der Waals surface area contributed by atoms with Gasteiger partial charge in [-0.2, -0.15) is 0 Å². The Morgan fingerprint density at radius 1 is 1.10 bits per heavy atom. The number of carbonyl (C=O) groups excluding carboxylic acids is 2. The Hall–Kier alpha value is -3.12. The van der Waals surface area contributed by atoms with Gasteiger partial charge in [-0.1, -0.05) is 29.8 Å². The van der Waals surface area contributed by atoms with E-state index in [2.05, 4.69) is 0 Å². The van der Waals surface area contributed by atoms with E-state index in [1.165, 1.54) is 0 Å². The molecule has 1 fully saturated rings. The van der Waals surface area contributed by atoms with Gasteiger partial charge >= 0.3 is 0 Å². The summed E-state index contributed by atoms with van der Waals surface area (Å²) in [6.45, 7) is 7.30. The number of ether oxygens (including phenoxy) is 1. The van der Waals surface area contributed by atoms with Gasteiger partial charge in [0.05, 0.1) is 18.2 Å². The van der Waals surface area contributed by atoms with Crippen molar-refractivity contribution in [2.45, 2.75) is 26.8 Å². The lowest BCUT2D eigenvalue weighted by atomic mass is 9.94. The van der Waals surface area contributed by atoms with E-state index in [0.29, 0.717) is 25.3 Å². The Morgan fingerprint density at radius 3 is 2.35 bits per heavy atom. The fourth-order valence-corrected chi connectivity index (χ4v) is 3.78. The maximum Gasteiger partial charge on any atom is 0.295 e. The molecule has 1 unspecified atom stereocenters. The van der Waals surface area contributed by atoms with E-state index in [1.54, 1.807) is 23.1 Å². The fraction of sp³-hybridized carbons (Fsp3) is 0.360. The zero-order chi connectivity index (χ0) is 22.7. The summed E-state index contributed by atoms with van der Waals surface area (Å²) in [4.78, 5) is 29.5. The molecule has 0 aliphatic carbocycles. The highest BCUT2D eigenvalue weighted by atomic mass is 16.5. The van der Waals surface area contributed by atoms with Crippen molar-refractivity contribution in [2.24, 2.45) is 0 Å². The molecule has 2 aromatic carbocycles. The molecule has 1 heterocycles. The van der Waals surface area contributed by atoms with Crippen LogP contribution in [0.5, 0.6) is 5.75 Å². The molecule has 1 aliphatic rings. The number of carbonyl (C=O) groups is 2. The van der Waals surface area contributed by atoms with Gasteiger partial charge in [0.15, 0.2) is 0 Å². The first-order valence-corrected chi connectivity index (χ1v) is 10.5. The summed E-state index contributed by atoms with van der Waals surface area (Å²) in [7, 11) is 3.83. The van der Waals surface area contributed by atoms with Crippen molar-refractivity contribution in [1.82, 2.24) is 9.80 Å². The van der Waals surface area contributed by atoms with E-state index in [-0.39, 0.29) is 11.3 Å². The molecule has 0 bridgehead atoms. The molecule has 1 saturated heterocycles. The number of likely N-dealkylation sites (tertiary alicyclic amines) is 1. The number of amides is 1. The largest absolute Gasteiger partial charge is 0.507 e. The third-order valence-corrected chi connectivity index (χ3v) is 5.47. The molecule has 6 nitrogen and oxygen atoms in total. The van der Waals surface area contributed by atoms with Crippen LogP contribution >= 0.6 is 0 Å². The maximum absolute atomic E-state index is 13.0. The van der Waals surface area contributed by atoms with E-state index >= 15 is 0 Å². The van der Waals surface area contributed by atoms with Crippen LogP contribution in [-0.2, 0) is 9.59 Å². The van der Waals surface area contributed by atoms with Crippen molar-refractivity contribution < 1.29 is 19.4 Å². The molecule has 0 aromatic heterocycles. The summed E-state index contributed by atoms with van der Waals surface area (Å²) in [6.07, 6.45) is 0. The molecular formula is C25H30N2O4. The molecule has 0 radical (unpaired) electrons. The summed E-state index contributed by atoms with van der Waals surface area (Å²) in [5.74, 6) is -0.687. The van der Waals surface area contributed by atoms with Crippen molar-refractivity contribution in [3.05, 3.63) is 70.3 Å². The van der Waals surface area contributed by atoms with Gasteiger partial charge in [-0.15, -0.1) is 0 Å². The van der Waals surface area contributed by atoms with Gasteiger partial charge in [0.2, 0.25) is 0 Å². The van der Waals surface area contributed by atoms with Crippen molar-refractivity contribution in [1.29, 1.82) is 0 Å². The van der Waals surface area contributed by atoms with Crippen molar-refractivity contribution in [2.75, 3.05) is 33.8 Å². The van der Waals surface area contributed by atoms with Gasteiger partial charge < -0.3 is 19.6 Å². The first-order chi connectivity index (χ1) is 14.7. The van der Waals surface area contributed by atoms with Crippen LogP contribution in [0.15, 0.2) is 48.0 Å². The molecule has 0 saturated carbocycles. The van der Waals surface area contributed by atoms with Gasteiger partial charge in [0.1, 0.15) is 11.5 Å². The van der Waals surface area contributed by atoms with Crippen LogP contribution in [0.1, 0.15) is 35.2 Å². The van der Waals surface area contributed by atoms with Crippen LogP contribution in [0.3, 0.4) is 0 Å². The van der Waals surface area contributed by atoms with Crippen LogP contribution in [-0.4, -0.2) is 60.4 Å². The van der Waals surface area contributed by atoms with Crippen LogP contribution in [0.2, 0.25) is 0 Å². The standard InChI is InChI=1S/C25H30N2O4/c1-6-31-20-12-11-19(15-17(20)3)23(28)21-22(18-9-7-16(2)8-10-18)27(14-13-26(4)5)25(30)24(21)29/h7-12,15,22,28H,6,13-14H2,1-5H3/b23-21-. The van der Waals surface area contributed by atoms with Gasteiger partial charge in [0.25, 0.3) is 11.7 Å². The Morgan fingerprint density at radius 2 is 1.77 bits per heavy atom. The first-order valence-electron chi connectivity index (χ1n) is 10.5. The van der Waals surface area contributed by atoms with Crippen molar-refractivity contribution in [3.63, 3.8) is 0 Å². The number of hydrogen-bond donors (Lipinski definition) is 1. The second-order valence-electron chi connectivity index (χ2n) is 8.12. The highest BCUT2D eigenvalue weighted by molar-refractivity contribution is 6.46. The van der Waals surface area contributed by atoms with Crippen LogP contribution in [0.25, 0.3) is 5.76 Å². The number of aryl methyl sites for hydroxylation is 2. The minimum atomic E-state index is -0.659. The number of rotatable bonds is 7. The number of Topliss-reactive ketones (excluding diaryl/α,β-unsaturated/α-hetero) is 1.